The molecule has 3 rings (SSSR count). The molecule has 0 bridgehead atoms. The fourth-order valence-electron chi connectivity index (χ4n) is 2.53. The van der Waals surface area contributed by atoms with Crippen molar-refractivity contribution in [1.29, 1.82) is 0 Å². The summed E-state index contributed by atoms with van der Waals surface area (Å²) in [6.45, 7) is 1.98. The maximum Gasteiger partial charge on any atom is 0.234 e. The predicted molar refractivity (Wildman–Crippen MR) is 120 cm³/mol. The van der Waals surface area contributed by atoms with Crippen LogP contribution in [-0.2, 0) is 23.1 Å². The van der Waals surface area contributed by atoms with E-state index in [4.69, 9.17) is 23.2 Å². The highest BCUT2D eigenvalue weighted by molar-refractivity contribution is 7.99. The smallest absolute Gasteiger partial charge is 0.234 e. The number of halogens is 2. The molecule has 30 heavy (non-hydrogen) atoms. The third-order valence-corrected chi connectivity index (χ3v) is 5.98. The van der Waals surface area contributed by atoms with Gasteiger partial charge < -0.3 is 15.2 Å². The first-order valence-electron chi connectivity index (χ1n) is 8.95. The molecule has 1 heterocycles. The van der Waals surface area contributed by atoms with Gasteiger partial charge in [0.25, 0.3) is 0 Å². The Hall–Kier alpha value is -2.55. The molecule has 0 saturated heterocycles. The van der Waals surface area contributed by atoms with E-state index in [1.807, 2.05) is 31.2 Å². The lowest BCUT2D eigenvalue weighted by molar-refractivity contribution is -0.116. The Bertz CT molecular complexity index is 1070. The highest BCUT2D eigenvalue weighted by Crippen LogP contribution is 2.29. The first kappa shape index (κ1) is 22.1. The molecule has 0 unspecified atom stereocenters. The Labute approximate surface area is 188 Å². The highest BCUT2D eigenvalue weighted by atomic mass is 35.5. The van der Waals surface area contributed by atoms with Crippen LogP contribution in [0.4, 0.5) is 11.4 Å². The van der Waals surface area contributed by atoms with Crippen LogP contribution >= 0.6 is 35.0 Å². The van der Waals surface area contributed by atoms with Crippen LogP contribution in [-0.4, -0.2) is 32.3 Å². The van der Waals surface area contributed by atoms with Gasteiger partial charge in [-0.2, -0.15) is 0 Å². The van der Waals surface area contributed by atoms with E-state index in [0.717, 1.165) is 11.3 Å². The maximum absolute atomic E-state index is 12.3. The Morgan fingerprint density at radius 2 is 1.77 bits per heavy atom. The number of amides is 2. The molecule has 0 spiro atoms. The van der Waals surface area contributed by atoms with Gasteiger partial charge in [-0.05, 0) is 31.2 Å². The van der Waals surface area contributed by atoms with Gasteiger partial charge in [-0.25, -0.2) is 0 Å². The van der Waals surface area contributed by atoms with Gasteiger partial charge in [0, 0.05) is 12.7 Å². The number of rotatable bonds is 7. The lowest BCUT2D eigenvalue weighted by Crippen LogP contribution is -2.17. The number of thioether (sulfide) groups is 1. The molecule has 2 N–H and O–H groups in total. The predicted octanol–water partition coefficient (Wildman–Crippen LogP) is 4.34. The molecule has 0 atom stereocenters. The second-order valence-electron chi connectivity index (χ2n) is 6.49. The van der Waals surface area contributed by atoms with Crippen molar-refractivity contribution in [3.8, 4) is 0 Å². The zero-order valence-corrected chi connectivity index (χ0v) is 18.6. The summed E-state index contributed by atoms with van der Waals surface area (Å²) in [5.41, 5.74) is 2.28. The average Bonchev–Trinajstić information content (AvgIpc) is 3.05. The number of nitrogens with zero attached hydrogens (tertiary/aromatic N) is 3. The first-order chi connectivity index (χ1) is 14.3. The second-order valence-corrected chi connectivity index (χ2v) is 8.21. The summed E-state index contributed by atoms with van der Waals surface area (Å²) in [5.74, 6) is 0.148. The number of anilines is 2. The molecule has 0 radical (unpaired) electrons. The molecular weight excluding hydrogens is 445 g/mol. The van der Waals surface area contributed by atoms with Gasteiger partial charge in [0.05, 0.1) is 27.9 Å². The molecule has 0 aliphatic heterocycles. The lowest BCUT2D eigenvalue weighted by Gasteiger charge is -2.08. The normalized spacial score (nSPS) is 10.7. The van der Waals surface area contributed by atoms with Crippen LogP contribution in [0.15, 0.2) is 47.6 Å². The van der Waals surface area contributed by atoms with Gasteiger partial charge in [0.15, 0.2) is 5.16 Å². The SMILES string of the molecule is Cc1ccc(NC(=O)Cc2nnc(SCC(=O)Nc3cccc(Cl)c3Cl)n2C)cc1. The quantitative estimate of drug-likeness (QED) is 0.508. The Kier molecular flexibility index (Phi) is 7.36. The molecule has 7 nitrogen and oxygen atoms in total. The molecule has 156 valence electrons. The van der Waals surface area contributed by atoms with Gasteiger partial charge in [-0.15, -0.1) is 10.2 Å². The van der Waals surface area contributed by atoms with Crippen LogP contribution in [0, 0.1) is 6.92 Å². The number of hydrogen-bond acceptors (Lipinski definition) is 5. The maximum atomic E-state index is 12.3. The molecular formula is C20H19Cl2N5O2S. The fourth-order valence-corrected chi connectivity index (χ4v) is 3.60. The number of carbonyl (C=O) groups is 2. The minimum Gasteiger partial charge on any atom is -0.326 e. The van der Waals surface area contributed by atoms with Gasteiger partial charge >= 0.3 is 0 Å². The van der Waals surface area contributed by atoms with Gasteiger partial charge in [0.2, 0.25) is 11.8 Å². The number of benzene rings is 2. The van der Waals surface area contributed by atoms with E-state index in [0.29, 0.717) is 21.7 Å². The summed E-state index contributed by atoms with van der Waals surface area (Å²) >= 11 is 13.2. The van der Waals surface area contributed by atoms with Crippen LogP contribution in [0.3, 0.4) is 0 Å². The van der Waals surface area contributed by atoms with Crippen LogP contribution in [0.1, 0.15) is 11.4 Å². The molecule has 1 aromatic heterocycles. The van der Waals surface area contributed by atoms with Crippen molar-refractivity contribution in [1.82, 2.24) is 14.8 Å². The fraction of sp³-hybridized carbons (Fsp3) is 0.200. The van der Waals surface area contributed by atoms with Crippen LogP contribution in [0.2, 0.25) is 10.0 Å². The highest BCUT2D eigenvalue weighted by Gasteiger charge is 2.15. The summed E-state index contributed by atoms with van der Waals surface area (Å²) in [6, 6.07) is 12.6. The summed E-state index contributed by atoms with van der Waals surface area (Å²) in [5, 5.41) is 14.9. The van der Waals surface area contributed by atoms with Gasteiger partial charge in [-0.3, -0.25) is 9.59 Å². The van der Waals surface area contributed by atoms with E-state index in [9.17, 15) is 9.59 Å². The Balaban J connectivity index is 1.54. The minimum atomic E-state index is -0.258. The molecule has 0 saturated carbocycles. The van der Waals surface area contributed by atoms with E-state index in [2.05, 4.69) is 20.8 Å². The topological polar surface area (TPSA) is 88.9 Å². The summed E-state index contributed by atoms with van der Waals surface area (Å²) < 4.78 is 1.69. The second kappa shape index (κ2) is 9.97. The first-order valence-corrected chi connectivity index (χ1v) is 10.7. The zero-order valence-electron chi connectivity index (χ0n) is 16.3. The number of aromatic nitrogens is 3. The standard InChI is InChI=1S/C20H19Cl2N5O2S/c1-12-6-8-13(9-7-12)23-17(28)10-16-25-26-20(27(16)2)30-11-18(29)24-15-5-3-4-14(21)19(15)22/h3-9H,10-11H2,1-2H3,(H,23,28)(H,24,29). The van der Waals surface area contributed by atoms with E-state index < -0.39 is 0 Å². The van der Waals surface area contributed by atoms with Crippen molar-refractivity contribution >= 4 is 58.2 Å². The Morgan fingerprint density at radius 3 is 2.50 bits per heavy atom. The third kappa shape index (κ3) is 5.75. The summed E-state index contributed by atoms with van der Waals surface area (Å²) in [6.07, 6.45) is 0.0717. The molecule has 10 heteroatoms. The van der Waals surface area contributed by atoms with Crippen LogP contribution in [0.5, 0.6) is 0 Å². The number of nitrogens with one attached hydrogen (secondary N) is 2. The van der Waals surface area contributed by atoms with Crippen molar-refractivity contribution in [3.63, 3.8) is 0 Å². The number of carbonyl (C=O) groups excluding carboxylic acids is 2. The number of hydrogen-bond donors (Lipinski definition) is 2. The summed E-state index contributed by atoms with van der Waals surface area (Å²) in [7, 11) is 1.75. The largest absolute Gasteiger partial charge is 0.326 e. The van der Waals surface area contributed by atoms with E-state index >= 15 is 0 Å². The Morgan fingerprint density at radius 1 is 1.03 bits per heavy atom. The van der Waals surface area contributed by atoms with Crippen molar-refractivity contribution in [3.05, 3.63) is 63.9 Å². The van der Waals surface area contributed by atoms with Crippen molar-refractivity contribution in [2.45, 2.75) is 18.5 Å². The van der Waals surface area contributed by atoms with Crippen molar-refractivity contribution < 1.29 is 9.59 Å². The van der Waals surface area contributed by atoms with Gasteiger partial charge in [0.1, 0.15) is 5.82 Å². The van der Waals surface area contributed by atoms with Crippen molar-refractivity contribution in [2.75, 3.05) is 16.4 Å². The monoisotopic (exact) mass is 463 g/mol. The molecule has 3 aromatic rings. The minimum absolute atomic E-state index is 0.0717. The average molecular weight is 464 g/mol. The summed E-state index contributed by atoms with van der Waals surface area (Å²) in [4.78, 5) is 24.5. The van der Waals surface area contributed by atoms with Gasteiger partial charge in [-0.1, -0.05) is 58.7 Å². The number of aryl methyl sites for hydroxylation is 1. The van der Waals surface area contributed by atoms with E-state index in [-0.39, 0.29) is 29.0 Å². The lowest BCUT2D eigenvalue weighted by atomic mass is 10.2. The van der Waals surface area contributed by atoms with Crippen LogP contribution in [0.25, 0.3) is 0 Å². The molecule has 0 aliphatic rings. The van der Waals surface area contributed by atoms with Crippen LogP contribution < -0.4 is 10.6 Å². The molecule has 2 aromatic carbocycles. The molecule has 0 fully saturated rings. The molecule has 2 amide bonds. The zero-order chi connectivity index (χ0) is 21.7. The van der Waals surface area contributed by atoms with E-state index in [1.54, 1.807) is 29.8 Å². The van der Waals surface area contributed by atoms with E-state index in [1.165, 1.54) is 11.8 Å². The molecule has 0 aliphatic carbocycles. The third-order valence-electron chi connectivity index (χ3n) is 4.14. The van der Waals surface area contributed by atoms with Crippen molar-refractivity contribution in [2.24, 2.45) is 7.05 Å².